The van der Waals surface area contributed by atoms with Crippen molar-refractivity contribution in [1.29, 1.82) is 0 Å². The lowest BCUT2D eigenvalue weighted by Gasteiger charge is -2.08. The number of hydrogen-bond acceptors (Lipinski definition) is 4. The molecule has 0 radical (unpaired) electrons. The van der Waals surface area contributed by atoms with E-state index in [1.54, 1.807) is 24.3 Å². The molecule has 82 valence electrons. The first-order chi connectivity index (χ1) is 7.07. The van der Waals surface area contributed by atoms with Crippen LogP contribution in [0.5, 0.6) is 5.75 Å². The Morgan fingerprint density at radius 1 is 1.47 bits per heavy atom. The molecule has 1 heterocycles. The fourth-order valence-electron chi connectivity index (χ4n) is 1.22. The van der Waals surface area contributed by atoms with Gasteiger partial charge in [-0.1, -0.05) is 12.1 Å². The molecule has 1 aliphatic rings. The van der Waals surface area contributed by atoms with Crippen LogP contribution in [0.15, 0.2) is 29.2 Å². The molecule has 0 N–H and O–H groups in total. The summed E-state index contributed by atoms with van der Waals surface area (Å²) in [5.74, 6) is 0.399. The lowest BCUT2D eigenvalue weighted by atomic mass is 10.3. The third-order valence-corrected chi connectivity index (χ3v) is 3.21. The molecule has 0 saturated carbocycles. The second-order valence-corrected chi connectivity index (χ2v) is 5.47. The van der Waals surface area contributed by atoms with Gasteiger partial charge in [-0.15, -0.1) is 0 Å². The molecule has 0 bridgehead atoms. The summed E-state index contributed by atoms with van der Waals surface area (Å²) in [6.07, 6.45) is 1.29. The van der Waals surface area contributed by atoms with Crippen LogP contribution in [0, 0.1) is 0 Å². The van der Waals surface area contributed by atoms with E-state index in [0.29, 0.717) is 19.0 Å². The maximum atomic E-state index is 11.4. The van der Waals surface area contributed by atoms with E-state index in [4.69, 9.17) is 9.47 Å². The Kier molecular flexibility index (Phi) is 2.67. The zero-order valence-electron chi connectivity index (χ0n) is 8.34. The minimum absolute atomic E-state index is 0.123. The van der Waals surface area contributed by atoms with Crippen LogP contribution in [-0.2, 0) is 14.6 Å². The molecule has 5 heteroatoms. The Hall–Kier alpha value is -1.07. The van der Waals surface area contributed by atoms with Crippen LogP contribution in [0.2, 0.25) is 0 Å². The number of ether oxygens (including phenoxy) is 2. The molecule has 0 aromatic heterocycles. The second kappa shape index (κ2) is 3.83. The van der Waals surface area contributed by atoms with Gasteiger partial charge in [0.05, 0.1) is 6.61 Å². The van der Waals surface area contributed by atoms with Gasteiger partial charge in [0.1, 0.15) is 23.4 Å². The van der Waals surface area contributed by atoms with E-state index in [2.05, 4.69) is 0 Å². The van der Waals surface area contributed by atoms with Crippen molar-refractivity contribution in [1.82, 2.24) is 0 Å². The van der Waals surface area contributed by atoms with Gasteiger partial charge in [0.2, 0.25) is 0 Å². The van der Waals surface area contributed by atoms with Gasteiger partial charge in [0.25, 0.3) is 0 Å². The van der Waals surface area contributed by atoms with E-state index in [9.17, 15) is 8.42 Å². The quantitative estimate of drug-likeness (QED) is 0.717. The van der Waals surface area contributed by atoms with Crippen molar-refractivity contribution < 1.29 is 17.9 Å². The molecule has 0 amide bonds. The summed E-state index contributed by atoms with van der Waals surface area (Å²) in [6, 6.07) is 6.62. The van der Waals surface area contributed by atoms with Crippen molar-refractivity contribution in [2.24, 2.45) is 0 Å². The molecule has 1 saturated heterocycles. The van der Waals surface area contributed by atoms with Gasteiger partial charge in [-0.2, -0.15) is 0 Å². The van der Waals surface area contributed by atoms with Crippen LogP contribution < -0.4 is 4.74 Å². The molecule has 1 atom stereocenters. The van der Waals surface area contributed by atoms with Gasteiger partial charge in [-0.25, -0.2) is 8.42 Å². The lowest BCUT2D eigenvalue weighted by molar-refractivity contribution is 0.258. The molecule has 15 heavy (non-hydrogen) atoms. The minimum atomic E-state index is -3.23. The maximum Gasteiger partial charge on any atom is 0.179 e. The standard InChI is InChI=1S/C10H12O4S/c1-15(11,12)10-5-3-2-4-9(10)14-7-8-6-13-8/h2-5,8H,6-7H2,1H3. The Morgan fingerprint density at radius 3 is 2.73 bits per heavy atom. The average Bonchev–Trinajstić information content (AvgIpc) is 2.97. The molecule has 2 rings (SSSR count). The largest absolute Gasteiger partial charge is 0.489 e. The first kappa shape index (κ1) is 10.4. The van der Waals surface area contributed by atoms with Crippen LogP contribution in [0.1, 0.15) is 0 Å². The zero-order chi connectivity index (χ0) is 10.9. The number of sulfone groups is 1. The van der Waals surface area contributed by atoms with E-state index in [1.165, 1.54) is 6.26 Å². The second-order valence-electron chi connectivity index (χ2n) is 3.49. The zero-order valence-corrected chi connectivity index (χ0v) is 9.16. The van der Waals surface area contributed by atoms with Gasteiger partial charge >= 0.3 is 0 Å². The fourth-order valence-corrected chi connectivity index (χ4v) is 2.04. The first-order valence-electron chi connectivity index (χ1n) is 4.61. The third kappa shape index (κ3) is 2.70. The van der Waals surface area contributed by atoms with E-state index in [0.717, 1.165) is 0 Å². The molecule has 1 aromatic rings. The van der Waals surface area contributed by atoms with E-state index >= 15 is 0 Å². The molecule has 0 aliphatic carbocycles. The van der Waals surface area contributed by atoms with Gasteiger partial charge in [0, 0.05) is 6.26 Å². The van der Waals surface area contributed by atoms with Crippen molar-refractivity contribution in [3.05, 3.63) is 24.3 Å². The predicted molar refractivity (Wildman–Crippen MR) is 54.8 cm³/mol. The highest BCUT2D eigenvalue weighted by Crippen LogP contribution is 2.24. The highest BCUT2D eigenvalue weighted by molar-refractivity contribution is 7.90. The number of rotatable bonds is 4. The average molecular weight is 228 g/mol. The van der Waals surface area contributed by atoms with Crippen LogP contribution in [0.3, 0.4) is 0 Å². The SMILES string of the molecule is CS(=O)(=O)c1ccccc1OCC1CO1. The van der Waals surface area contributed by atoms with Crippen LogP contribution in [-0.4, -0.2) is 34.0 Å². The number of hydrogen-bond donors (Lipinski definition) is 0. The van der Waals surface area contributed by atoms with Gasteiger partial charge in [-0.05, 0) is 12.1 Å². The number of epoxide rings is 1. The van der Waals surface area contributed by atoms with Crippen molar-refractivity contribution in [2.45, 2.75) is 11.0 Å². The molecular formula is C10H12O4S. The highest BCUT2D eigenvalue weighted by atomic mass is 32.2. The Balaban J connectivity index is 2.20. The molecular weight excluding hydrogens is 216 g/mol. The predicted octanol–water partition coefficient (Wildman–Crippen LogP) is 0.868. The molecule has 0 spiro atoms. The van der Waals surface area contributed by atoms with Crippen molar-refractivity contribution in [3.8, 4) is 5.75 Å². The molecule has 4 nitrogen and oxygen atoms in total. The van der Waals surface area contributed by atoms with Crippen molar-refractivity contribution in [3.63, 3.8) is 0 Å². The molecule has 1 aliphatic heterocycles. The van der Waals surface area contributed by atoms with Crippen LogP contribution in [0.25, 0.3) is 0 Å². The summed E-state index contributed by atoms with van der Waals surface area (Å²) < 4.78 is 33.2. The summed E-state index contributed by atoms with van der Waals surface area (Å²) in [5.41, 5.74) is 0. The smallest absolute Gasteiger partial charge is 0.179 e. The fraction of sp³-hybridized carbons (Fsp3) is 0.400. The number of benzene rings is 1. The van der Waals surface area contributed by atoms with E-state index < -0.39 is 9.84 Å². The number of para-hydroxylation sites is 1. The Bertz CT molecular complexity index is 448. The van der Waals surface area contributed by atoms with Crippen molar-refractivity contribution in [2.75, 3.05) is 19.5 Å². The normalized spacial score (nSPS) is 19.9. The highest BCUT2D eigenvalue weighted by Gasteiger charge is 2.24. The maximum absolute atomic E-state index is 11.4. The van der Waals surface area contributed by atoms with E-state index in [-0.39, 0.29) is 11.0 Å². The minimum Gasteiger partial charge on any atom is -0.489 e. The summed E-state index contributed by atoms with van der Waals surface area (Å²) >= 11 is 0. The molecule has 1 fully saturated rings. The summed E-state index contributed by atoms with van der Waals surface area (Å²) in [7, 11) is -3.23. The summed E-state index contributed by atoms with van der Waals surface area (Å²) in [6.45, 7) is 1.10. The van der Waals surface area contributed by atoms with Gasteiger partial charge in [0.15, 0.2) is 9.84 Å². The summed E-state index contributed by atoms with van der Waals surface area (Å²) in [5, 5.41) is 0. The lowest BCUT2D eigenvalue weighted by Crippen LogP contribution is -2.07. The first-order valence-corrected chi connectivity index (χ1v) is 6.50. The monoisotopic (exact) mass is 228 g/mol. The Labute approximate surface area is 88.7 Å². The van der Waals surface area contributed by atoms with Gasteiger partial charge < -0.3 is 9.47 Å². The van der Waals surface area contributed by atoms with Crippen LogP contribution >= 0.6 is 0 Å². The molecule has 1 unspecified atom stereocenters. The third-order valence-electron chi connectivity index (χ3n) is 2.08. The summed E-state index contributed by atoms with van der Waals surface area (Å²) in [4.78, 5) is 0.227. The van der Waals surface area contributed by atoms with Crippen molar-refractivity contribution >= 4 is 9.84 Å². The topological polar surface area (TPSA) is 55.9 Å². The Morgan fingerprint density at radius 2 is 2.13 bits per heavy atom. The van der Waals surface area contributed by atoms with Gasteiger partial charge in [-0.3, -0.25) is 0 Å². The van der Waals surface area contributed by atoms with E-state index in [1.807, 2.05) is 0 Å². The molecule has 1 aromatic carbocycles. The van der Waals surface area contributed by atoms with Crippen LogP contribution in [0.4, 0.5) is 0 Å².